The summed E-state index contributed by atoms with van der Waals surface area (Å²) < 4.78 is 2.96. The van der Waals surface area contributed by atoms with Crippen molar-refractivity contribution in [2.75, 3.05) is 5.32 Å². The molecule has 0 spiro atoms. The monoisotopic (exact) mass is 529 g/mol. The van der Waals surface area contributed by atoms with Gasteiger partial charge in [-0.1, -0.05) is 56.1 Å². The Morgan fingerprint density at radius 1 is 0.955 bits per heavy atom. The molecule has 0 heterocycles. The van der Waals surface area contributed by atoms with Gasteiger partial charge in [-0.2, -0.15) is 0 Å². The van der Waals surface area contributed by atoms with Gasteiger partial charge in [-0.25, -0.2) is 0 Å². The molecule has 3 aromatic rings. The molecule has 0 saturated carbocycles. The SMILES string of the molecule is O=C(Nc1ccc(Br)cc1I)c1cccc2c(Br)cccc12. The molecule has 0 saturated heterocycles. The highest BCUT2D eigenvalue weighted by Gasteiger charge is 2.12. The normalized spacial score (nSPS) is 10.7. The molecule has 1 amide bonds. The van der Waals surface area contributed by atoms with Crippen molar-refractivity contribution in [3.8, 4) is 0 Å². The summed E-state index contributed by atoms with van der Waals surface area (Å²) in [7, 11) is 0. The number of hydrogen-bond acceptors (Lipinski definition) is 1. The number of halogens is 3. The van der Waals surface area contributed by atoms with Gasteiger partial charge in [0.1, 0.15) is 0 Å². The smallest absolute Gasteiger partial charge is 0.256 e. The number of carbonyl (C=O) groups is 1. The van der Waals surface area contributed by atoms with E-state index >= 15 is 0 Å². The molecular formula is C17H10Br2INO. The molecule has 110 valence electrons. The number of carbonyl (C=O) groups excluding carboxylic acids is 1. The summed E-state index contributed by atoms with van der Waals surface area (Å²) in [5.41, 5.74) is 1.47. The van der Waals surface area contributed by atoms with Gasteiger partial charge in [0.05, 0.1) is 5.69 Å². The predicted molar refractivity (Wildman–Crippen MR) is 106 cm³/mol. The van der Waals surface area contributed by atoms with Crippen LogP contribution in [-0.2, 0) is 0 Å². The summed E-state index contributed by atoms with van der Waals surface area (Å²) in [6.45, 7) is 0. The fourth-order valence-electron chi connectivity index (χ4n) is 2.25. The summed E-state index contributed by atoms with van der Waals surface area (Å²) >= 11 is 9.16. The van der Waals surface area contributed by atoms with Crippen molar-refractivity contribution in [2.45, 2.75) is 0 Å². The maximum Gasteiger partial charge on any atom is 0.256 e. The number of anilines is 1. The lowest BCUT2D eigenvalue weighted by Gasteiger charge is -2.10. The molecule has 0 unspecified atom stereocenters. The highest BCUT2D eigenvalue weighted by molar-refractivity contribution is 14.1. The molecule has 0 aliphatic heterocycles. The fourth-order valence-corrected chi connectivity index (χ4v) is 4.19. The molecule has 5 heteroatoms. The minimum atomic E-state index is -0.107. The molecule has 0 atom stereocenters. The Morgan fingerprint density at radius 2 is 1.68 bits per heavy atom. The number of hydrogen-bond donors (Lipinski definition) is 1. The quantitative estimate of drug-likeness (QED) is 0.391. The first-order valence-electron chi connectivity index (χ1n) is 6.50. The number of rotatable bonds is 2. The van der Waals surface area contributed by atoms with Crippen LogP contribution in [0, 0.1) is 3.57 Å². The van der Waals surface area contributed by atoms with Crippen LogP contribution in [0.3, 0.4) is 0 Å². The largest absolute Gasteiger partial charge is 0.321 e. The minimum Gasteiger partial charge on any atom is -0.321 e. The van der Waals surface area contributed by atoms with Crippen LogP contribution in [0.4, 0.5) is 5.69 Å². The van der Waals surface area contributed by atoms with E-state index in [-0.39, 0.29) is 5.91 Å². The predicted octanol–water partition coefficient (Wildman–Crippen LogP) is 6.22. The van der Waals surface area contributed by atoms with Gasteiger partial charge in [0, 0.05) is 18.1 Å². The second kappa shape index (κ2) is 6.68. The van der Waals surface area contributed by atoms with Gasteiger partial charge in [-0.15, -0.1) is 0 Å². The molecule has 0 aromatic heterocycles. The van der Waals surface area contributed by atoms with E-state index in [9.17, 15) is 4.79 Å². The molecule has 0 radical (unpaired) electrons. The third-order valence-electron chi connectivity index (χ3n) is 3.29. The van der Waals surface area contributed by atoms with Gasteiger partial charge in [-0.3, -0.25) is 4.79 Å². The second-order valence-corrected chi connectivity index (χ2v) is 7.65. The standard InChI is InChI=1S/C17H10Br2INO/c18-10-7-8-16(15(20)9-10)21-17(22)13-5-1-4-12-11(13)3-2-6-14(12)19/h1-9H,(H,21,22). The topological polar surface area (TPSA) is 29.1 Å². The number of fused-ring (bicyclic) bond motifs is 1. The van der Waals surface area contributed by atoms with Crippen LogP contribution in [0.2, 0.25) is 0 Å². The van der Waals surface area contributed by atoms with Crippen LogP contribution >= 0.6 is 54.5 Å². The van der Waals surface area contributed by atoms with Crippen molar-refractivity contribution < 1.29 is 4.79 Å². The van der Waals surface area contributed by atoms with Crippen molar-refractivity contribution in [2.24, 2.45) is 0 Å². The Kier molecular flexibility index (Phi) is 4.84. The summed E-state index contributed by atoms with van der Waals surface area (Å²) in [4.78, 5) is 12.6. The molecule has 0 bridgehead atoms. The van der Waals surface area contributed by atoms with Crippen LogP contribution in [0.5, 0.6) is 0 Å². The molecular weight excluding hydrogens is 521 g/mol. The Hall–Kier alpha value is -0.920. The number of amides is 1. The lowest BCUT2D eigenvalue weighted by molar-refractivity contribution is 0.102. The Balaban J connectivity index is 2.01. The van der Waals surface area contributed by atoms with Crippen LogP contribution in [-0.4, -0.2) is 5.91 Å². The zero-order valence-corrected chi connectivity index (χ0v) is 16.6. The zero-order valence-electron chi connectivity index (χ0n) is 11.2. The number of benzene rings is 3. The van der Waals surface area contributed by atoms with E-state index in [1.54, 1.807) is 0 Å². The van der Waals surface area contributed by atoms with Crippen molar-refractivity contribution >= 4 is 76.8 Å². The van der Waals surface area contributed by atoms with Gasteiger partial charge >= 0.3 is 0 Å². The van der Waals surface area contributed by atoms with E-state index in [0.717, 1.165) is 29.0 Å². The highest BCUT2D eigenvalue weighted by atomic mass is 127. The third-order valence-corrected chi connectivity index (χ3v) is 5.37. The van der Waals surface area contributed by atoms with Gasteiger partial charge in [-0.05, 0) is 63.7 Å². The summed E-state index contributed by atoms with van der Waals surface area (Å²) in [6, 6.07) is 17.4. The Morgan fingerprint density at radius 3 is 2.45 bits per heavy atom. The average molecular weight is 531 g/mol. The van der Waals surface area contributed by atoms with Crippen molar-refractivity contribution in [3.05, 3.63) is 72.7 Å². The first-order valence-corrected chi connectivity index (χ1v) is 9.16. The van der Waals surface area contributed by atoms with Crippen molar-refractivity contribution in [3.63, 3.8) is 0 Å². The summed E-state index contributed by atoms with van der Waals surface area (Å²) in [5.74, 6) is -0.107. The molecule has 1 N–H and O–H groups in total. The lowest BCUT2D eigenvalue weighted by Crippen LogP contribution is -2.13. The maximum atomic E-state index is 12.6. The van der Waals surface area contributed by atoms with Gasteiger partial charge in [0.25, 0.3) is 5.91 Å². The van der Waals surface area contributed by atoms with E-state index in [4.69, 9.17) is 0 Å². The summed E-state index contributed by atoms with van der Waals surface area (Å²) in [5, 5.41) is 4.94. The molecule has 3 aromatic carbocycles. The Labute approximate surface area is 158 Å². The van der Waals surface area contributed by atoms with E-state index in [1.165, 1.54) is 0 Å². The molecule has 3 rings (SSSR count). The Bertz CT molecular complexity index is 880. The van der Waals surface area contributed by atoms with Crippen LogP contribution in [0.25, 0.3) is 10.8 Å². The number of nitrogens with one attached hydrogen (secondary N) is 1. The first-order chi connectivity index (χ1) is 10.6. The molecule has 2 nitrogen and oxygen atoms in total. The minimum absolute atomic E-state index is 0.107. The second-order valence-electron chi connectivity index (χ2n) is 4.72. The van der Waals surface area contributed by atoms with Crippen molar-refractivity contribution in [1.82, 2.24) is 0 Å². The molecule has 0 aliphatic carbocycles. The zero-order chi connectivity index (χ0) is 15.7. The third kappa shape index (κ3) is 3.21. The van der Waals surface area contributed by atoms with Crippen LogP contribution < -0.4 is 5.32 Å². The highest BCUT2D eigenvalue weighted by Crippen LogP contribution is 2.28. The van der Waals surface area contributed by atoms with Gasteiger partial charge < -0.3 is 5.32 Å². The van der Waals surface area contributed by atoms with Crippen LogP contribution in [0.15, 0.2) is 63.5 Å². The maximum absolute atomic E-state index is 12.6. The van der Waals surface area contributed by atoms with Gasteiger partial charge in [0.2, 0.25) is 0 Å². The van der Waals surface area contributed by atoms with E-state index in [0.29, 0.717) is 5.56 Å². The van der Waals surface area contributed by atoms with E-state index in [1.807, 2.05) is 54.6 Å². The van der Waals surface area contributed by atoms with E-state index < -0.39 is 0 Å². The first kappa shape index (κ1) is 16.0. The van der Waals surface area contributed by atoms with E-state index in [2.05, 4.69) is 59.8 Å². The van der Waals surface area contributed by atoms with Crippen LogP contribution in [0.1, 0.15) is 10.4 Å². The molecule has 0 aliphatic rings. The van der Waals surface area contributed by atoms with Gasteiger partial charge in [0.15, 0.2) is 0 Å². The molecule has 0 fully saturated rings. The lowest BCUT2D eigenvalue weighted by atomic mass is 10.0. The van der Waals surface area contributed by atoms with Crippen molar-refractivity contribution in [1.29, 1.82) is 0 Å². The summed E-state index contributed by atoms with van der Waals surface area (Å²) in [6.07, 6.45) is 0. The fraction of sp³-hybridized carbons (Fsp3) is 0. The molecule has 22 heavy (non-hydrogen) atoms. The average Bonchev–Trinajstić information content (AvgIpc) is 2.50.